The van der Waals surface area contributed by atoms with E-state index in [2.05, 4.69) is 10.5 Å². The van der Waals surface area contributed by atoms with Crippen molar-refractivity contribution < 1.29 is 22.8 Å². The molecule has 2 aliphatic heterocycles. The monoisotopic (exact) mass is 533 g/mol. The number of nitrogens with zero attached hydrogens (tertiary/aromatic N) is 2. The first-order valence-electron chi connectivity index (χ1n) is 10.8. The molecule has 1 aromatic heterocycles. The van der Waals surface area contributed by atoms with Gasteiger partial charge in [-0.3, -0.25) is 4.79 Å². The van der Waals surface area contributed by atoms with Gasteiger partial charge < -0.3 is 15.1 Å². The Morgan fingerprint density at radius 2 is 1.85 bits per heavy atom. The molecule has 0 saturated carbocycles. The molecule has 2 unspecified atom stereocenters. The molecule has 34 heavy (non-hydrogen) atoms. The summed E-state index contributed by atoms with van der Waals surface area (Å²) in [4.78, 5) is 21.2. The van der Waals surface area contributed by atoms with E-state index in [1.165, 1.54) is 29.5 Å². The lowest BCUT2D eigenvalue weighted by Crippen LogP contribution is -2.43. The van der Waals surface area contributed by atoms with E-state index in [1.807, 2.05) is 27.7 Å². The second-order valence-corrected chi connectivity index (χ2v) is 11.1. The maximum Gasteiger partial charge on any atom is 0.435 e. The highest BCUT2D eigenvalue weighted by atomic mass is 35.5. The molecule has 0 aliphatic carbocycles. The minimum absolute atomic E-state index is 0.0285. The largest absolute Gasteiger partial charge is 0.435 e. The van der Waals surface area contributed by atoms with Crippen LogP contribution in [0, 0.1) is 12.8 Å². The van der Waals surface area contributed by atoms with Crippen molar-refractivity contribution in [3.63, 3.8) is 0 Å². The molecule has 4 rings (SSSR count). The molecule has 2 aromatic rings. The summed E-state index contributed by atoms with van der Waals surface area (Å²) >= 11 is 13.3. The molecule has 5 nitrogen and oxygen atoms in total. The summed E-state index contributed by atoms with van der Waals surface area (Å²) in [7, 11) is 0. The van der Waals surface area contributed by atoms with Crippen molar-refractivity contribution in [2.24, 2.45) is 11.1 Å². The highest BCUT2D eigenvalue weighted by molar-refractivity contribution is 7.14. The molecule has 1 amide bonds. The Bertz CT molecular complexity index is 1140. The van der Waals surface area contributed by atoms with E-state index in [-0.39, 0.29) is 33.4 Å². The van der Waals surface area contributed by atoms with Crippen LogP contribution in [0.5, 0.6) is 0 Å². The van der Waals surface area contributed by atoms with Crippen molar-refractivity contribution in [2.75, 3.05) is 0 Å². The minimum Gasteiger partial charge on any atom is -0.372 e. The van der Waals surface area contributed by atoms with Crippen molar-refractivity contribution in [3.8, 4) is 0 Å². The lowest BCUT2D eigenvalue weighted by atomic mass is 9.89. The highest BCUT2D eigenvalue weighted by Crippen LogP contribution is 2.50. The molecule has 0 fully saturated rings. The van der Waals surface area contributed by atoms with E-state index < -0.39 is 18.2 Å². The van der Waals surface area contributed by atoms with E-state index in [1.54, 1.807) is 4.90 Å². The second kappa shape index (κ2) is 8.91. The Hall–Kier alpha value is -1.97. The molecule has 0 radical (unpaired) electrons. The van der Waals surface area contributed by atoms with Gasteiger partial charge in [-0.2, -0.15) is 13.2 Å². The van der Waals surface area contributed by atoms with Crippen LogP contribution in [-0.4, -0.2) is 28.9 Å². The third kappa shape index (κ3) is 4.38. The van der Waals surface area contributed by atoms with Gasteiger partial charge in [-0.05, 0) is 49.1 Å². The van der Waals surface area contributed by atoms with Gasteiger partial charge in [-0.1, -0.05) is 42.2 Å². The Kier molecular flexibility index (Phi) is 6.59. The smallest absolute Gasteiger partial charge is 0.372 e. The van der Waals surface area contributed by atoms with E-state index in [9.17, 15) is 18.0 Å². The third-order valence-electron chi connectivity index (χ3n) is 6.47. The standard InChI is InChI=1S/C23H24Cl2F3N3O2S/c1-11(2)13(4)29-21(32)20-12(3)17-9-31(10-18(17)34-20)19-8-22(33-30-19,23(26,27)28)14-5-15(24)7-16(25)6-14/h5-7,11,13H,8-10H2,1-4H3,(H,29,32). The van der Waals surface area contributed by atoms with E-state index in [0.717, 1.165) is 16.0 Å². The van der Waals surface area contributed by atoms with E-state index >= 15 is 0 Å². The second-order valence-electron chi connectivity index (χ2n) is 9.08. The molecule has 0 spiro atoms. The lowest BCUT2D eigenvalue weighted by Gasteiger charge is -2.30. The van der Waals surface area contributed by atoms with Gasteiger partial charge in [0.05, 0.1) is 17.8 Å². The SMILES string of the molecule is Cc1c(C(=O)NC(C)C(C)C)sc2c1CN(C1=NOC(c3cc(Cl)cc(Cl)c3)(C(F)(F)F)C1)C2. The number of amidine groups is 1. The number of alkyl halides is 3. The van der Waals surface area contributed by atoms with Crippen LogP contribution in [-0.2, 0) is 23.5 Å². The number of oxime groups is 1. The molecular weight excluding hydrogens is 510 g/mol. The average molecular weight is 534 g/mol. The fourth-order valence-electron chi connectivity index (χ4n) is 4.05. The van der Waals surface area contributed by atoms with Crippen molar-refractivity contribution in [1.29, 1.82) is 0 Å². The van der Waals surface area contributed by atoms with Crippen LogP contribution >= 0.6 is 34.5 Å². The van der Waals surface area contributed by atoms with Gasteiger partial charge in [0, 0.05) is 33.1 Å². The number of halogens is 5. The zero-order valence-electron chi connectivity index (χ0n) is 19.0. The topological polar surface area (TPSA) is 53.9 Å². The summed E-state index contributed by atoms with van der Waals surface area (Å²) in [5.41, 5.74) is -1.07. The molecule has 184 valence electrons. The van der Waals surface area contributed by atoms with E-state index in [4.69, 9.17) is 28.0 Å². The zero-order valence-corrected chi connectivity index (χ0v) is 21.3. The maximum absolute atomic E-state index is 14.2. The first kappa shape index (κ1) is 25.1. The number of carbonyl (C=O) groups is 1. The van der Waals surface area contributed by atoms with Crippen LogP contribution in [0.2, 0.25) is 10.0 Å². The van der Waals surface area contributed by atoms with Crippen LogP contribution in [0.4, 0.5) is 13.2 Å². The molecule has 0 bridgehead atoms. The van der Waals surface area contributed by atoms with Crippen molar-refractivity contribution in [2.45, 2.75) is 65.0 Å². The summed E-state index contributed by atoms with van der Waals surface area (Å²) in [5.74, 6) is 0.367. The number of nitrogens with one attached hydrogen (secondary N) is 1. The first-order valence-corrected chi connectivity index (χ1v) is 12.3. The van der Waals surface area contributed by atoms with Crippen LogP contribution in [0.3, 0.4) is 0 Å². The number of hydrogen-bond acceptors (Lipinski definition) is 5. The lowest BCUT2D eigenvalue weighted by molar-refractivity contribution is -0.275. The van der Waals surface area contributed by atoms with Gasteiger partial charge in [0.1, 0.15) is 5.84 Å². The summed E-state index contributed by atoms with van der Waals surface area (Å²) in [5, 5.41) is 7.02. The Morgan fingerprint density at radius 3 is 2.41 bits per heavy atom. The maximum atomic E-state index is 14.2. The Labute approximate surface area is 209 Å². The predicted molar refractivity (Wildman–Crippen MR) is 127 cm³/mol. The normalized spacial score (nSPS) is 20.9. The number of amides is 1. The average Bonchev–Trinajstić information content (AvgIpc) is 3.41. The molecule has 1 aromatic carbocycles. The highest BCUT2D eigenvalue weighted by Gasteiger charge is 2.63. The first-order chi connectivity index (χ1) is 15.8. The number of thiophene rings is 1. The molecule has 2 atom stereocenters. The van der Waals surface area contributed by atoms with Crippen LogP contribution < -0.4 is 5.32 Å². The van der Waals surface area contributed by atoms with Crippen molar-refractivity contribution in [1.82, 2.24) is 10.2 Å². The number of benzene rings is 1. The zero-order chi connectivity index (χ0) is 25.0. The van der Waals surface area contributed by atoms with Gasteiger partial charge in [0.15, 0.2) is 0 Å². The van der Waals surface area contributed by atoms with Crippen LogP contribution in [0.15, 0.2) is 23.4 Å². The number of carbonyl (C=O) groups excluding carboxylic acids is 1. The molecule has 0 saturated heterocycles. The molecule has 1 N–H and O–H groups in total. The fraction of sp³-hybridized carbons (Fsp3) is 0.478. The Morgan fingerprint density at radius 1 is 1.21 bits per heavy atom. The van der Waals surface area contributed by atoms with E-state index in [0.29, 0.717) is 23.9 Å². The number of fused-ring (bicyclic) bond motifs is 1. The summed E-state index contributed by atoms with van der Waals surface area (Å²) in [6.07, 6.45) is -5.24. The predicted octanol–water partition coefficient (Wildman–Crippen LogP) is 6.64. The summed E-state index contributed by atoms with van der Waals surface area (Å²) in [6, 6.07) is 3.80. The van der Waals surface area contributed by atoms with Crippen LogP contribution in [0.1, 0.15) is 58.4 Å². The molecular formula is C23H24Cl2F3N3O2S. The molecule has 3 heterocycles. The fourth-order valence-corrected chi connectivity index (χ4v) is 5.81. The van der Waals surface area contributed by atoms with Crippen LogP contribution in [0.25, 0.3) is 0 Å². The van der Waals surface area contributed by atoms with Gasteiger partial charge >= 0.3 is 6.18 Å². The minimum atomic E-state index is -4.74. The summed E-state index contributed by atoms with van der Waals surface area (Å²) in [6.45, 7) is 8.62. The van der Waals surface area contributed by atoms with Gasteiger partial charge in [-0.15, -0.1) is 11.3 Å². The molecule has 11 heteroatoms. The van der Waals surface area contributed by atoms with Crippen molar-refractivity contribution in [3.05, 3.63) is 54.7 Å². The number of hydrogen-bond donors (Lipinski definition) is 1. The summed E-state index contributed by atoms with van der Waals surface area (Å²) < 4.78 is 42.7. The van der Waals surface area contributed by atoms with Crippen molar-refractivity contribution >= 4 is 46.3 Å². The third-order valence-corrected chi connectivity index (χ3v) is 8.22. The molecule has 2 aliphatic rings. The van der Waals surface area contributed by atoms with Gasteiger partial charge in [0.25, 0.3) is 11.5 Å². The van der Waals surface area contributed by atoms with Gasteiger partial charge in [0.2, 0.25) is 0 Å². The number of rotatable bonds is 4. The van der Waals surface area contributed by atoms with Gasteiger partial charge in [-0.25, -0.2) is 0 Å². The Balaban J connectivity index is 1.54. The quantitative estimate of drug-likeness (QED) is 0.478.